The summed E-state index contributed by atoms with van der Waals surface area (Å²) < 4.78 is 0. The minimum Gasteiger partial charge on any atom is -0.508 e. The van der Waals surface area contributed by atoms with Crippen molar-refractivity contribution in [1.29, 1.82) is 0 Å². The van der Waals surface area contributed by atoms with Crippen LogP contribution in [0.2, 0.25) is 0 Å². The molecule has 0 aromatic heterocycles. The Balaban J connectivity index is 2.03. The lowest BCUT2D eigenvalue weighted by molar-refractivity contribution is -0.145. The number of nitrogens with two attached hydrogens (primary N) is 1. The van der Waals surface area contributed by atoms with Crippen molar-refractivity contribution in [3.8, 4) is 5.75 Å². The molecule has 5 atom stereocenters. The number of carbonyl (C=O) groups is 4. The number of likely N-dealkylation sites (tertiary alicyclic amines) is 1. The van der Waals surface area contributed by atoms with E-state index in [1.54, 1.807) is 19.1 Å². The van der Waals surface area contributed by atoms with Crippen LogP contribution in [0.1, 0.15) is 38.7 Å². The SMILES string of the molecule is CCC(C)C(NC(=O)C1CCCN1C(=O)C(CS)NC(=O)C(N)Cc1ccc(O)cc1)C(=O)O. The van der Waals surface area contributed by atoms with E-state index in [9.17, 15) is 29.4 Å². The van der Waals surface area contributed by atoms with Gasteiger partial charge in [0.05, 0.1) is 6.04 Å². The zero-order chi connectivity index (χ0) is 25.4. The molecule has 0 aliphatic carbocycles. The summed E-state index contributed by atoms with van der Waals surface area (Å²) in [7, 11) is 0. The summed E-state index contributed by atoms with van der Waals surface area (Å²) in [4.78, 5) is 51.6. The summed E-state index contributed by atoms with van der Waals surface area (Å²) in [5, 5.41) is 24.0. The molecule has 1 aliphatic rings. The number of aromatic hydroxyl groups is 1. The first-order valence-corrected chi connectivity index (χ1v) is 12.0. The number of rotatable bonds is 11. The smallest absolute Gasteiger partial charge is 0.326 e. The minimum atomic E-state index is -1.12. The van der Waals surface area contributed by atoms with Crippen molar-refractivity contribution in [2.75, 3.05) is 12.3 Å². The molecule has 1 heterocycles. The molecular weight excluding hydrogens is 460 g/mol. The van der Waals surface area contributed by atoms with Crippen LogP contribution < -0.4 is 16.4 Å². The molecule has 34 heavy (non-hydrogen) atoms. The molecule has 3 amide bonds. The van der Waals surface area contributed by atoms with Gasteiger partial charge in [-0.1, -0.05) is 32.4 Å². The maximum Gasteiger partial charge on any atom is 0.326 e. The summed E-state index contributed by atoms with van der Waals surface area (Å²) in [6, 6.07) is 2.52. The average molecular weight is 495 g/mol. The van der Waals surface area contributed by atoms with Crippen LogP contribution in [0.25, 0.3) is 0 Å². The fraction of sp³-hybridized carbons (Fsp3) is 0.565. The molecule has 0 spiro atoms. The quantitative estimate of drug-likeness (QED) is 0.241. The fourth-order valence-corrected chi connectivity index (χ4v) is 4.13. The second-order valence-electron chi connectivity index (χ2n) is 8.62. The molecule has 10 nitrogen and oxygen atoms in total. The molecule has 11 heteroatoms. The van der Waals surface area contributed by atoms with Gasteiger partial charge in [0.15, 0.2) is 0 Å². The van der Waals surface area contributed by atoms with Crippen molar-refractivity contribution in [3.05, 3.63) is 29.8 Å². The van der Waals surface area contributed by atoms with Crippen molar-refractivity contribution in [1.82, 2.24) is 15.5 Å². The van der Waals surface area contributed by atoms with Crippen molar-refractivity contribution in [3.63, 3.8) is 0 Å². The number of phenols is 1. The molecule has 1 aromatic carbocycles. The Morgan fingerprint density at radius 1 is 1.21 bits per heavy atom. The van der Waals surface area contributed by atoms with Crippen LogP contribution >= 0.6 is 12.6 Å². The first kappa shape index (κ1) is 27.5. The fourth-order valence-electron chi connectivity index (χ4n) is 3.88. The summed E-state index contributed by atoms with van der Waals surface area (Å²) in [6.45, 7) is 3.90. The van der Waals surface area contributed by atoms with Crippen LogP contribution in [0.4, 0.5) is 0 Å². The van der Waals surface area contributed by atoms with Gasteiger partial charge in [0.25, 0.3) is 0 Å². The normalized spacial score (nSPS) is 19.1. The molecular formula is C23H34N4O6S. The monoisotopic (exact) mass is 494 g/mol. The Morgan fingerprint density at radius 2 is 1.85 bits per heavy atom. The molecule has 1 aliphatic heterocycles. The van der Waals surface area contributed by atoms with Crippen LogP contribution in [-0.2, 0) is 25.6 Å². The van der Waals surface area contributed by atoms with Gasteiger partial charge in [-0.3, -0.25) is 14.4 Å². The number of phenolic OH excluding ortho intramolecular Hbond substituents is 1. The number of carbonyl (C=O) groups excluding carboxylic acids is 3. The third-order valence-electron chi connectivity index (χ3n) is 6.14. The van der Waals surface area contributed by atoms with Crippen LogP contribution in [0, 0.1) is 5.92 Å². The molecule has 1 fully saturated rings. The van der Waals surface area contributed by atoms with Crippen LogP contribution in [-0.4, -0.2) is 75.3 Å². The molecule has 0 saturated carbocycles. The van der Waals surface area contributed by atoms with Gasteiger partial charge in [-0.15, -0.1) is 0 Å². The lowest BCUT2D eigenvalue weighted by Crippen LogP contribution is -2.58. The van der Waals surface area contributed by atoms with E-state index in [4.69, 9.17) is 5.73 Å². The van der Waals surface area contributed by atoms with Gasteiger partial charge < -0.3 is 31.5 Å². The molecule has 1 saturated heterocycles. The molecule has 0 radical (unpaired) electrons. The number of nitrogens with one attached hydrogen (secondary N) is 2. The number of hydrogen-bond donors (Lipinski definition) is 6. The molecule has 1 aromatic rings. The predicted octanol–water partition coefficient (Wildman–Crippen LogP) is 0.283. The Morgan fingerprint density at radius 3 is 2.41 bits per heavy atom. The largest absolute Gasteiger partial charge is 0.508 e. The zero-order valence-corrected chi connectivity index (χ0v) is 20.3. The predicted molar refractivity (Wildman–Crippen MR) is 129 cm³/mol. The van der Waals surface area contributed by atoms with Crippen molar-refractivity contribution < 1.29 is 29.4 Å². The minimum absolute atomic E-state index is 0.00591. The number of nitrogens with zero attached hydrogens (tertiary/aromatic N) is 1. The lowest BCUT2D eigenvalue weighted by Gasteiger charge is -2.30. The van der Waals surface area contributed by atoms with E-state index in [1.807, 2.05) is 6.92 Å². The molecule has 5 unspecified atom stereocenters. The highest BCUT2D eigenvalue weighted by atomic mass is 32.1. The van der Waals surface area contributed by atoms with Crippen LogP contribution in [0.15, 0.2) is 24.3 Å². The standard InChI is InChI=1S/C23H34N4O6S/c1-3-13(2)19(23(32)33)26-21(30)18-5-4-10-27(18)22(31)17(12-34)25-20(29)16(24)11-14-6-8-15(28)9-7-14/h6-9,13,16-19,28,34H,3-5,10-12,24H2,1-2H3,(H,25,29)(H,26,30)(H,32,33). The first-order valence-electron chi connectivity index (χ1n) is 11.4. The van der Waals surface area contributed by atoms with Gasteiger partial charge in [-0.25, -0.2) is 4.79 Å². The van der Waals surface area contributed by atoms with Gasteiger partial charge in [0, 0.05) is 12.3 Å². The van der Waals surface area contributed by atoms with E-state index in [-0.39, 0.29) is 23.8 Å². The molecule has 2 rings (SSSR count). The Hall–Kier alpha value is -2.79. The lowest BCUT2D eigenvalue weighted by atomic mass is 9.98. The van der Waals surface area contributed by atoms with Crippen molar-refractivity contribution in [2.45, 2.75) is 63.7 Å². The highest BCUT2D eigenvalue weighted by Gasteiger charge is 2.39. The summed E-state index contributed by atoms with van der Waals surface area (Å²) in [5.41, 5.74) is 6.75. The number of carboxylic acid groups (broad SMARTS) is 1. The summed E-state index contributed by atoms with van der Waals surface area (Å²) >= 11 is 4.20. The van der Waals surface area contributed by atoms with E-state index in [0.717, 1.165) is 5.56 Å². The summed E-state index contributed by atoms with van der Waals surface area (Å²) in [6.07, 6.45) is 1.76. The molecule has 6 N–H and O–H groups in total. The van der Waals surface area contributed by atoms with Gasteiger partial charge in [-0.2, -0.15) is 12.6 Å². The van der Waals surface area contributed by atoms with E-state index >= 15 is 0 Å². The number of benzene rings is 1. The van der Waals surface area contributed by atoms with E-state index in [2.05, 4.69) is 23.3 Å². The van der Waals surface area contributed by atoms with Gasteiger partial charge in [-0.05, 0) is 42.9 Å². The van der Waals surface area contributed by atoms with E-state index in [0.29, 0.717) is 25.8 Å². The second kappa shape index (κ2) is 12.6. The van der Waals surface area contributed by atoms with Gasteiger partial charge >= 0.3 is 5.97 Å². The maximum absolute atomic E-state index is 13.2. The van der Waals surface area contributed by atoms with Crippen LogP contribution in [0.5, 0.6) is 5.75 Å². The Labute approximate surface area is 204 Å². The number of hydrogen-bond acceptors (Lipinski definition) is 7. The molecule has 188 valence electrons. The summed E-state index contributed by atoms with van der Waals surface area (Å²) in [5.74, 6) is -2.81. The average Bonchev–Trinajstić information content (AvgIpc) is 3.31. The van der Waals surface area contributed by atoms with Crippen molar-refractivity contribution in [2.24, 2.45) is 11.7 Å². The highest BCUT2D eigenvalue weighted by molar-refractivity contribution is 7.80. The number of carboxylic acids is 1. The van der Waals surface area contributed by atoms with Crippen molar-refractivity contribution >= 4 is 36.3 Å². The number of aliphatic carboxylic acids is 1. The highest BCUT2D eigenvalue weighted by Crippen LogP contribution is 2.20. The first-order chi connectivity index (χ1) is 16.1. The van der Waals surface area contributed by atoms with Crippen LogP contribution in [0.3, 0.4) is 0 Å². The number of amides is 3. The number of thiol groups is 1. The topological polar surface area (TPSA) is 162 Å². The second-order valence-corrected chi connectivity index (χ2v) is 8.99. The maximum atomic E-state index is 13.2. The Kier molecular flexibility index (Phi) is 10.2. The zero-order valence-electron chi connectivity index (χ0n) is 19.4. The van der Waals surface area contributed by atoms with Gasteiger partial charge in [0.2, 0.25) is 17.7 Å². The van der Waals surface area contributed by atoms with Gasteiger partial charge in [0.1, 0.15) is 23.9 Å². The third kappa shape index (κ3) is 7.10. The Bertz CT molecular complexity index is 881. The van der Waals surface area contributed by atoms with E-state index < -0.39 is 47.9 Å². The van der Waals surface area contributed by atoms with E-state index in [1.165, 1.54) is 17.0 Å². The molecule has 0 bridgehead atoms. The third-order valence-corrected chi connectivity index (χ3v) is 6.51.